The summed E-state index contributed by atoms with van der Waals surface area (Å²) in [6.07, 6.45) is 3.11. The molecule has 1 amide bonds. The van der Waals surface area contributed by atoms with Gasteiger partial charge in [-0.15, -0.1) is 0 Å². The number of hydrogen-bond acceptors (Lipinski definition) is 6. The lowest BCUT2D eigenvalue weighted by Crippen LogP contribution is -2.27. The predicted octanol–water partition coefficient (Wildman–Crippen LogP) is 3.97. The highest BCUT2D eigenvalue weighted by Crippen LogP contribution is 2.30. The van der Waals surface area contributed by atoms with Crippen LogP contribution in [-0.4, -0.2) is 46.5 Å². The number of amides is 1. The van der Waals surface area contributed by atoms with Gasteiger partial charge >= 0.3 is 0 Å². The molecule has 0 radical (unpaired) electrons. The van der Waals surface area contributed by atoms with Crippen molar-refractivity contribution in [2.75, 3.05) is 18.4 Å². The van der Waals surface area contributed by atoms with E-state index in [1.54, 1.807) is 43.3 Å². The molecule has 0 atom stereocenters. The molecular weight excluding hydrogens is 465 g/mol. The Labute approximate surface area is 193 Å². The number of aromatic nitrogens is 3. The SMILES string of the molecule is Cc1c(C(=O)Nc2nc3ccc(S(=O)(=O)N4CCCC4)cc3s2)cnn1-c1ccccc1F. The summed E-state index contributed by atoms with van der Waals surface area (Å²) in [4.78, 5) is 17.5. The van der Waals surface area contributed by atoms with E-state index < -0.39 is 21.7 Å². The number of carbonyl (C=O) groups is 1. The van der Waals surface area contributed by atoms with Crippen molar-refractivity contribution in [3.8, 4) is 5.69 Å². The molecule has 8 nitrogen and oxygen atoms in total. The monoisotopic (exact) mass is 485 g/mol. The van der Waals surface area contributed by atoms with Crippen molar-refractivity contribution < 1.29 is 17.6 Å². The fourth-order valence-electron chi connectivity index (χ4n) is 3.86. The molecule has 3 heterocycles. The minimum absolute atomic E-state index is 0.223. The Morgan fingerprint density at radius 2 is 1.91 bits per heavy atom. The van der Waals surface area contributed by atoms with Crippen molar-refractivity contribution in [2.24, 2.45) is 0 Å². The maximum atomic E-state index is 14.1. The van der Waals surface area contributed by atoms with E-state index in [9.17, 15) is 17.6 Å². The van der Waals surface area contributed by atoms with Gasteiger partial charge in [0.2, 0.25) is 10.0 Å². The minimum Gasteiger partial charge on any atom is -0.298 e. The van der Waals surface area contributed by atoms with Gasteiger partial charge < -0.3 is 0 Å². The highest BCUT2D eigenvalue weighted by molar-refractivity contribution is 7.89. The molecule has 0 saturated carbocycles. The third-order valence-corrected chi connectivity index (χ3v) is 8.45. The normalized spacial score (nSPS) is 14.7. The van der Waals surface area contributed by atoms with E-state index in [0.717, 1.165) is 12.8 Å². The summed E-state index contributed by atoms with van der Waals surface area (Å²) in [6, 6.07) is 11.0. The van der Waals surface area contributed by atoms with Crippen molar-refractivity contribution in [3.63, 3.8) is 0 Å². The number of para-hydroxylation sites is 1. The molecule has 170 valence electrons. The van der Waals surface area contributed by atoms with Crippen molar-refractivity contribution in [1.82, 2.24) is 19.1 Å². The van der Waals surface area contributed by atoms with Gasteiger partial charge in [-0.05, 0) is 50.1 Å². The van der Waals surface area contributed by atoms with Crippen LogP contribution >= 0.6 is 11.3 Å². The van der Waals surface area contributed by atoms with Crippen molar-refractivity contribution in [2.45, 2.75) is 24.7 Å². The molecular formula is C22H20FN5O3S2. The summed E-state index contributed by atoms with van der Waals surface area (Å²) < 4.78 is 43.3. The van der Waals surface area contributed by atoms with Gasteiger partial charge in [-0.1, -0.05) is 23.5 Å². The Morgan fingerprint density at radius 3 is 2.67 bits per heavy atom. The minimum atomic E-state index is -3.54. The average Bonchev–Trinajstić information content (AvgIpc) is 3.53. The van der Waals surface area contributed by atoms with Crippen molar-refractivity contribution in [3.05, 3.63) is 65.7 Å². The van der Waals surface area contributed by atoms with Crippen LogP contribution in [0.4, 0.5) is 9.52 Å². The van der Waals surface area contributed by atoms with E-state index in [4.69, 9.17) is 0 Å². The first-order valence-electron chi connectivity index (χ1n) is 10.4. The van der Waals surface area contributed by atoms with E-state index in [1.165, 1.54) is 32.6 Å². The number of sulfonamides is 1. The Kier molecular flexibility index (Phi) is 5.47. The molecule has 11 heteroatoms. The smallest absolute Gasteiger partial charge is 0.260 e. The maximum Gasteiger partial charge on any atom is 0.260 e. The fourth-order valence-corrected chi connectivity index (χ4v) is 6.38. The second kappa shape index (κ2) is 8.32. The second-order valence-corrected chi connectivity index (χ2v) is 10.7. The molecule has 5 rings (SSSR count). The number of halogens is 1. The van der Waals surface area contributed by atoms with Gasteiger partial charge in [-0.2, -0.15) is 9.40 Å². The Bertz CT molecular complexity index is 1470. The first-order chi connectivity index (χ1) is 15.8. The number of hydrogen-bond donors (Lipinski definition) is 1. The van der Waals surface area contributed by atoms with Gasteiger partial charge in [0.15, 0.2) is 5.13 Å². The molecule has 1 saturated heterocycles. The lowest BCUT2D eigenvalue weighted by atomic mass is 10.2. The van der Waals surface area contributed by atoms with Crippen molar-refractivity contribution in [1.29, 1.82) is 0 Å². The second-order valence-electron chi connectivity index (χ2n) is 7.72. The third kappa shape index (κ3) is 3.92. The molecule has 2 aromatic heterocycles. The summed E-state index contributed by atoms with van der Waals surface area (Å²) in [5.41, 5.74) is 1.61. The molecule has 2 aromatic carbocycles. The molecule has 0 aliphatic carbocycles. The molecule has 1 aliphatic heterocycles. The highest BCUT2D eigenvalue weighted by Gasteiger charge is 2.27. The lowest BCUT2D eigenvalue weighted by Gasteiger charge is -2.15. The van der Waals surface area contributed by atoms with Gasteiger partial charge in [0.05, 0.1) is 32.6 Å². The van der Waals surface area contributed by atoms with E-state index in [0.29, 0.717) is 34.1 Å². The van der Waals surface area contributed by atoms with Gasteiger partial charge in [-0.25, -0.2) is 22.5 Å². The topological polar surface area (TPSA) is 97.2 Å². The Morgan fingerprint density at radius 1 is 1.15 bits per heavy atom. The van der Waals surface area contributed by atoms with Crippen LogP contribution in [0.3, 0.4) is 0 Å². The quantitative estimate of drug-likeness (QED) is 0.461. The number of carbonyl (C=O) groups excluding carboxylic acids is 1. The van der Waals surface area contributed by atoms with Crippen LogP contribution < -0.4 is 5.32 Å². The average molecular weight is 486 g/mol. The summed E-state index contributed by atoms with van der Waals surface area (Å²) in [6.45, 7) is 2.75. The van der Waals surface area contributed by atoms with Crippen LogP contribution in [0.2, 0.25) is 0 Å². The third-order valence-electron chi connectivity index (χ3n) is 5.62. The van der Waals surface area contributed by atoms with E-state index in [1.807, 2.05) is 0 Å². The highest BCUT2D eigenvalue weighted by atomic mass is 32.2. The van der Waals surface area contributed by atoms with Gasteiger partial charge in [0.1, 0.15) is 11.5 Å². The van der Waals surface area contributed by atoms with Crippen molar-refractivity contribution >= 4 is 42.6 Å². The van der Waals surface area contributed by atoms with Crippen LogP contribution in [0.15, 0.2) is 53.6 Å². The van der Waals surface area contributed by atoms with E-state index >= 15 is 0 Å². The first-order valence-corrected chi connectivity index (χ1v) is 12.6. The summed E-state index contributed by atoms with van der Waals surface area (Å²) in [5.74, 6) is -0.874. The molecule has 1 N–H and O–H groups in total. The number of fused-ring (bicyclic) bond motifs is 1. The molecule has 1 aliphatic rings. The molecule has 0 spiro atoms. The number of thiazole rings is 1. The summed E-state index contributed by atoms with van der Waals surface area (Å²) >= 11 is 1.19. The lowest BCUT2D eigenvalue weighted by molar-refractivity contribution is 0.102. The van der Waals surface area contributed by atoms with Gasteiger partial charge in [-0.3, -0.25) is 10.1 Å². The zero-order chi connectivity index (χ0) is 23.2. The van der Waals surface area contributed by atoms with Crippen LogP contribution in [0.1, 0.15) is 28.9 Å². The van der Waals surface area contributed by atoms with E-state index in [-0.39, 0.29) is 16.1 Å². The number of rotatable bonds is 5. The Hall–Kier alpha value is -3.15. The molecule has 4 aromatic rings. The van der Waals surface area contributed by atoms with Crippen LogP contribution in [0.5, 0.6) is 0 Å². The Balaban J connectivity index is 1.40. The summed E-state index contributed by atoms with van der Waals surface area (Å²) in [7, 11) is -3.54. The number of benzene rings is 2. The first kappa shape index (κ1) is 21.7. The zero-order valence-corrected chi connectivity index (χ0v) is 19.3. The molecule has 33 heavy (non-hydrogen) atoms. The maximum absolute atomic E-state index is 14.1. The molecule has 1 fully saturated rings. The van der Waals surface area contributed by atoms with Gasteiger partial charge in [0, 0.05) is 13.1 Å². The van der Waals surface area contributed by atoms with Gasteiger partial charge in [0.25, 0.3) is 5.91 Å². The fraction of sp³-hybridized carbons (Fsp3) is 0.227. The standard InChI is InChI=1S/C22H20FN5O3S2/c1-14-16(13-24-28(14)19-7-3-2-6-17(19)23)21(29)26-22-25-18-9-8-15(12-20(18)32-22)33(30,31)27-10-4-5-11-27/h2-3,6-9,12-13H,4-5,10-11H2,1H3,(H,25,26,29). The number of anilines is 1. The molecule has 0 bridgehead atoms. The van der Waals surface area contributed by atoms with Crippen LogP contribution in [-0.2, 0) is 10.0 Å². The molecule has 0 unspecified atom stereocenters. The summed E-state index contributed by atoms with van der Waals surface area (Å²) in [5, 5.41) is 7.24. The van der Waals surface area contributed by atoms with E-state index in [2.05, 4.69) is 15.4 Å². The largest absolute Gasteiger partial charge is 0.298 e. The number of nitrogens with zero attached hydrogens (tertiary/aromatic N) is 4. The zero-order valence-electron chi connectivity index (χ0n) is 17.7. The number of nitrogens with one attached hydrogen (secondary N) is 1. The predicted molar refractivity (Wildman–Crippen MR) is 124 cm³/mol. The van der Waals surface area contributed by atoms with Crippen LogP contribution in [0, 0.1) is 12.7 Å². The van der Waals surface area contributed by atoms with Crippen LogP contribution in [0.25, 0.3) is 15.9 Å².